The van der Waals surface area contributed by atoms with E-state index in [1.807, 2.05) is 17.4 Å². The summed E-state index contributed by atoms with van der Waals surface area (Å²) in [6.45, 7) is 6.55. The third kappa shape index (κ3) is 2.65. The van der Waals surface area contributed by atoms with E-state index < -0.39 is 0 Å². The van der Waals surface area contributed by atoms with E-state index >= 15 is 0 Å². The van der Waals surface area contributed by atoms with Gasteiger partial charge in [0.25, 0.3) is 0 Å². The van der Waals surface area contributed by atoms with Crippen LogP contribution in [-0.2, 0) is 5.88 Å². The van der Waals surface area contributed by atoms with E-state index in [0.717, 1.165) is 21.3 Å². The Balaban J connectivity index is 2.20. The van der Waals surface area contributed by atoms with Gasteiger partial charge in [0.1, 0.15) is 5.82 Å². The fourth-order valence-corrected chi connectivity index (χ4v) is 4.41. The second kappa shape index (κ2) is 5.75. The van der Waals surface area contributed by atoms with Gasteiger partial charge in [0.05, 0.1) is 23.0 Å². The van der Waals surface area contributed by atoms with Crippen molar-refractivity contribution in [2.75, 3.05) is 0 Å². The van der Waals surface area contributed by atoms with Crippen molar-refractivity contribution < 1.29 is 0 Å². The maximum atomic E-state index is 6.13. The number of nitrogens with zero attached hydrogens (tertiary/aromatic N) is 2. The number of benzene rings is 1. The molecule has 3 rings (SSSR count). The second-order valence-corrected chi connectivity index (χ2v) is 7.85. The average molecular weight is 384 g/mol. The van der Waals surface area contributed by atoms with Gasteiger partial charge in [0, 0.05) is 14.2 Å². The molecule has 3 aromatic rings. The Morgan fingerprint density at radius 1 is 1.33 bits per heavy atom. The standard InChI is InChI=1S/C16H16BrClN2S/c1-9-6-13(11(3)21-9)10(2)20-15-5-4-12(17)7-14(15)19-16(20)8-18/h4-7,10H,8H2,1-3H3. The molecule has 1 aromatic carbocycles. The number of thiophene rings is 1. The lowest BCUT2D eigenvalue weighted by atomic mass is 10.1. The van der Waals surface area contributed by atoms with Crippen molar-refractivity contribution in [3.05, 3.63) is 49.9 Å². The highest BCUT2D eigenvalue weighted by molar-refractivity contribution is 9.10. The van der Waals surface area contributed by atoms with Crippen molar-refractivity contribution in [3.63, 3.8) is 0 Å². The molecule has 1 unspecified atom stereocenters. The molecule has 0 saturated carbocycles. The summed E-state index contributed by atoms with van der Waals surface area (Å²) in [7, 11) is 0. The van der Waals surface area contributed by atoms with E-state index in [-0.39, 0.29) is 6.04 Å². The lowest BCUT2D eigenvalue weighted by Crippen LogP contribution is -2.10. The molecule has 5 heteroatoms. The number of aromatic nitrogens is 2. The van der Waals surface area contributed by atoms with E-state index in [0.29, 0.717) is 5.88 Å². The van der Waals surface area contributed by atoms with Crippen LogP contribution in [0.1, 0.15) is 34.1 Å². The van der Waals surface area contributed by atoms with Crippen LogP contribution in [0.2, 0.25) is 0 Å². The number of hydrogen-bond donors (Lipinski definition) is 0. The number of aryl methyl sites for hydroxylation is 2. The average Bonchev–Trinajstić information content (AvgIpc) is 2.97. The van der Waals surface area contributed by atoms with E-state index in [2.05, 4.69) is 64.5 Å². The molecule has 2 heterocycles. The highest BCUT2D eigenvalue weighted by Gasteiger charge is 2.19. The first kappa shape index (κ1) is 15.1. The lowest BCUT2D eigenvalue weighted by Gasteiger charge is -2.17. The fraction of sp³-hybridized carbons (Fsp3) is 0.312. The van der Waals surface area contributed by atoms with E-state index in [1.54, 1.807) is 0 Å². The molecule has 0 saturated heterocycles. The van der Waals surface area contributed by atoms with Crippen molar-refractivity contribution >= 4 is 49.9 Å². The third-order valence-electron chi connectivity index (χ3n) is 3.76. The molecule has 110 valence electrons. The Hall–Kier alpha value is -0.840. The topological polar surface area (TPSA) is 17.8 Å². The molecule has 0 spiro atoms. The fourth-order valence-electron chi connectivity index (χ4n) is 2.85. The van der Waals surface area contributed by atoms with Crippen molar-refractivity contribution in [3.8, 4) is 0 Å². The van der Waals surface area contributed by atoms with Crippen LogP contribution >= 0.6 is 38.9 Å². The molecule has 0 aliphatic rings. The molecule has 0 radical (unpaired) electrons. The molecular formula is C16H16BrClN2S. The summed E-state index contributed by atoms with van der Waals surface area (Å²) < 4.78 is 3.29. The van der Waals surface area contributed by atoms with Crippen LogP contribution in [0.25, 0.3) is 11.0 Å². The smallest absolute Gasteiger partial charge is 0.125 e. The number of rotatable bonds is 3. The van der Waals surface area contributed by atoms with Crippen LogP contribution in [0.15, 0.2) is 28.7 Å². The Morgan fingerprint density at radius 3 is 2.71 bits per heavy atom. The molecule has 21 heavy (non-hydrogen) atoms. The number of imidazole rings is 1. The van der Waals surface area contributed by atoms with E-state index in [1.165, 1.54) is 15.3 Å². The molecule has 0 amide bonds. The predicted molar refractivity (Wildman–Crippen MR) is 94.6 cm³/mol. The maximum Gasteiger partial charge on any atom is 0.125 e. The zero-order valence-corrected chi connectivity index (χ0v) is 15.3. The highest BCUT2D eigenvalue weighted by atomic mass is 79.9. The summed E-state index contributed by atoms with van der Waals surface area (Å²) in [6, 6.07) is 8.70. The minimum atomic E-state index is 0.231. The second-order valence-electron chi connectivity index (χ2n) is 5.21. The van der Waals surface area contributed by atoms with Crippen molar-refractivity contribution in [2.24, 2.45) is 0 Å². The molecular weight excluding hydrogens is 368 g/mol. The number of halogens is 2. The number of hydrogen-bond acceptors (Lipinski definition) is 2. The van der Waals surface area contributed by atoms with Gasteiger partial charge in [0.2, 0.25) is 0 Å². The van der Waals surface area contributed by atoms with Gasteiger partial charge in [-0.05, 0) is 50.6 Å². The summed E-state index contributed by atoms with van der Waals surface area (Å²) in [4.78, 5) is 7.38. The lowest BCUT2D eigenvalue weighted by molar-refractivity contribution is 0.633. The molecule has 0 N–H and O–H groups in total. The van der Waals surface area contributed by atoms with Crippen LogP contribution in [0, 0.1) is 13.8 Å². The minimum Gasteiger partial charge on any atom is -0.320 e. The van der Waals surface area contributed by atoms with Crippen LogP contribution in [0.3, 0.4) is 0 Å². The normalized spacial score (nSPS) is 13.0. The first-order valence-electron chi connectivity index (χ1n) is 6.80. The summed E-state index contributed by atoms with van der Waals surface area (Å²) in [5.74, 6) is 1.33. The van der Waals surface area contributed by atoms with Crippen molar-refractivity contribution in [1.82, 2.24) is 9.55 Å². The first-order chi connectivity index (χ1) is 10.0. The monoisotopic (exact) mass is 382 g/mol. The molecule has 0 aliphatic heterocycles. The minimum absolute atomic E-state index is 0.231. The molecule has 0 fully saturated rings. The Bertz CT molecular complexity index is 806. The molecule has 0 aliphatic carbocycles. The maximum absolute atomic E-state index is 6.13. The van der Waals surface area contributed by atoms with Crippen LogP contribution in [0.5, 0.6) is 0 Å². The molecule has 1 atom stereocenters. The van der Waals surface area contributed by atoms with Gasteiger partial charge in [0.15, 0.2) is 0 Å². The largest absolute Gasteiger partial charge is 0.320 e. The van der Waals surface area contributed by atoms with Crippen molar-refractivity contribution in [2.45, 2.75) is 32.7 Å². The van der Waals surface area contributed by atoms with Gasteiger partial charge < -0.3 is 4.57 Å². The zero-order valence-electron chi connectivity index (χ0n) is 12.2. The quantitative estimate of drug-likeness (QED) is 0.521. The molecule has 0 bridgehead atoms. The number of alkyl halides is 1. The molecule has 2 nitrogen and oxygen atoms in total. The third-order valence-corrected chi connectivity index (χ3v) is 5.47. The van der Waals surface area contributed by atoms with Gasteiger partial charge in [-0.3, -0.25) is 0 Å². The Morgan fingerprint density at radius 2 is 2.10 bits per heavy atom. The SMILES string of the molecule is Cc1cc(C(C)n2c(CCl)nc3cc(Br)ccc32)c(C)s1. The van der Waals surface area contributed by atoms with Crippen LogP contribution in [0.4, 0.5) is 0 Å². The van der Waals surface area contributed by atoms with Gasteiger partial charge >= 0.3 is 0 Å². The van der Waals surface area contributed by atoms with Crippen LogP contribution < -0.4 is 0 Å². The van der Waals surface area contributed by atoms with Gasteiger partial charge in [-0.1, -0.05) is 15.9 Å². The van der Waals surface area contributed by atoms with Crippen molar-refractivity contribution in [1.29, 1.82) is 0 Å². The van der Waals surface area contributed by atoms with E-state index in [4.69, 9.17) is 11.6 Å². The first-order valence-corrected chi connectivity index (χ1v) is 8.95. The summed E-state index contributed by atoms with van der Waals surface area (Å²) in [5, 5.41) is 0. The zero-order chi connectivity index (χ0) is 15.1. The van der Waals surface area contributed by atoms with Crippen LogP contribution in [-0.4, -0.2) is 9.55 Å². The van der Waals surface area contributed by atoms with Gasteiger partial charge in [-0.2, -0.15) is 0 Å². The Kier molecular flexibility index (Phi) is 4.12. The predicted octanol–water partition coefficient (Wildman–Crippen LogP) is 5.83. The Labute approximate surface area is 141 Å². The summed E-state index contributed by atoms with van der Waals surface area (Å²) in [5.41, 5.74) is 3.46. The molecule has 2 aromatic heterocycles. The summed E-state index contributed by atoms with van der Waals surface area (Å²) >= 11 is 11.5. The highest BCUT2D eigenvalue weighted by Crippen LogP contribution is 2.33. The van der Waals surface area contributed by atoms with Gasteiger partial charge in [-0.25, -0.2) is 4.98 Å². The number of fused-ring (bicyclic) bond motifs is 1. The summed E-state index contributed by atoms with van der Waals surface area (Å²) in [6.07, 6.45) is 0. The van der Waals surface area contributed by atoms with E-state index in [9.17, 15) is 0 Å². The van der Waals surface area contributed by atoms with Gasteiger partial charge in [-0.15, -0.1) is 22.9 Å².